The Hall–Kier alpha value is -5.97. The van der Waals surface area contributed by atoms with Gasteiger partial charge in [-0.25, -0.2) is 4.79 Å². The van der Waals surface area contributed by atoms with E-state index in [2.05, 4.69) is 10.6 Å². The third-order valence-corrected chi connectivity index (χ3v) is 7.37. The molecule has 0 fully saturated rings. The van der Waals surface area contributed by atoms with Gasteiger partial charge in [-0.1, -0.05) is 24.3 Å². The molecule has 0 bridgehead atoms. The normalized spacial score (nSPS) is 11.3. The average molecular weight is 674 g/mol. The van der Waals surface area contributed by atoms with Gasteiger partial charge in [-0.2, -0.15) is 21.6 Å². The molecule has 4 aromatic rings. The first-order valence-electron chi connectivity index (χ1n) is 13.2. The van der Waals surface area contributed by atoms with Gasteiger partial charge in [0, 0.05) is 11.8 Å². The standard InChI is InChI=1S/C30H22F3N3O10S/c31-30(32,33)20-7-12-25(26(17-20)36(41)42)35-29(40)34-21-8-10-24(11-9-21)47(43,44)46-23-6-2-4-19(14-23)16-28(39)45-22-5-1-3-18(13-22)15-27(37)38/h1-14,17H,15-16H2,(H,37,38)(H2,34,35,40). The number of carboxylic acid groups (broad SMARTS) is 1. The van der Waals surface area contributed by atoms with Gasteiger partial charge in [0.25, 0.3) is 5.69 Å². The largest absolute Gasteiger partial charge is 0.481 e. The van der Waals surface area contributed by atoms with E-state index in [9.17, 15) is 46.1 Å². The molecular formula is C30H22F3N3O10S. The van der Waals surface area contributed by atoms with Crippen LogP contribution < -0.4 is 19.6 Å². The number of nitro groups is 1. The van der Waals surface area contributed by atoms with Crippen molar-refractivity contribution in [2.24, 2.45) is 0 Å². The predicted molar refractivity (Wildman–Crippen MR) is 159 cm³/mol. The Morgan fingerprint density at radius 2 is 1.45 bits per heavy atom. The first-order chi connectivity index (χ1) is 22.1. The summed E-state index contributed by atoms with van der Waals surface area (Å²) in [6, 6.07) is 16.7. The Kier molecular flexibility index (Phi) is 10.1. The highest BCUT2D eigenvalue weighted by atomic mass is 32.2. The van der Waals surface area contributed by atoms with Gasteiger partial charge in [0.15, 0.2) is 0 Å². The fraction of sp³-hybridized carbons (Fsp3) is 0.100. The van der Waals surface area contributed by atoms with Crippen LogP contribution in [0.3, 0.4) is 0 Å². The summed E-state index contributed by atoms with van der Waals surface area (Å²) >= 11 is 0. The number of amides is 2. The lowest BCUT2D eigenvalue weighted by atomic mass is 10.1. The molecule has 0 aliphatic heterocycles. The molecule has 13 nitrogen and oxygen atoms in total. The van der Waals surface area contributed by atoms with Crippen molar-refractivity contribution >= 4 is 45.2 Å². The highest BCUT2D eigenvalue weighted by molar-refractivity contribution is 7.87. The summed E-state index contributed by atoms with van der Waals surface area (Å²) < 4.78 is 74.9. The SMILES string of the molecule is O=C(O)Cc1cccc(OC(=O)Cc2cccc(OS(=O)(=O)c3ccc(NC(=O)Nc4ccc(C(F)(F)F)cc4[N+](=O)[O-])cc3)c2)c1. The molecule has 0 aromatic heterocycles. The minimum Gasteiger partial charge on any atom is -0.481 e. The summed E-state index contributed by atoms with van der Waals surface area (Å²) in [7, 11) is -4.41. The zero-order valence-corrected chi connectivity index (χ0v) is 24.5. The minimum atomic E-state index is -4.84. The van der Waals surface area contributed by atoms with E-state index in [0.717, 1.165) is 18.2 Å². The number of alkyl halides is 3. The fourth-order valence-corrected chi connectivity index (χ4v) is 4.99. The van der Waals surface area contributed by atoms with Crippen molar-refractivity contribution in [3.63, 3.8) is 0 Å². The van der Waals surface area contributed by atoms with Gasteiger partial charge < -0.3 is 24.7 Å². The van der Waals surface area contributed by atoms with Gasteiger partial charge in [0.2, 0.25) is 0 Å². The summed E-state index contributed by atoms with van der Waals surface area (Å²) in [5.41, 5.74) is -1.96. The Labute approximate surface area is 263 Å². The fourth-order valence-electron chi connectivity index (χ4n) is 4.06. The highest BCUT2D eigenvalue weighted by Crippen LogP contribution is 2.35. The molecule has 244 valence electrons. The molecule has 0 heterocycles. The Bertz CT molecular complexity index is 1950. The summed E-state index contributed by atoms with van der Waals surface area (Å²) in [5.74, 6) is -1.73. The van der Waals surface area contributed by atoms with Crippen molar-refractivity contribution in [2.45, 2.75) is 23.9 Å². The third-order valence-electron chi connectivity index (χ3n) is 6.11. The van der Waals surface area contributed by atoms with Crippen LogP contribution in [0.2, 0.25) is 0 Å². The van der Waals surface area contributed by atoms with E-state index < -0.39 is 56.1 Å². The lowest BCUT2D eigenvalue weighted by Gasteiger charge is -2.11. The van der Waals surface area contributed by atoms with Crippen molar-refractivity contribution in [2.75, 3.05) is 10.6 Å². The topological polar surface area (TPSA) is 191 Å². The summed E-state index contributed by atoms with van der Waals surface area (Å²) in [5, 5.41) is 24.5. The van der Waals surface area contributed by atoms with Crippen LogP contribution >= 0.6 is 0 Å². The van der Waals surface area contributed by atoms with Crippen molar-refractivity contribution in [3.8, 4) is 11.5 Å². The first kappa shape index (κ1) is 33.9. The molecule has 0 saturated heterocycles. The Balaban J connectivity index is 1.37. The molecule has 0 saturated carbocycles. The number of hydrogen-bond donors (Lipinski definition) is 3. The van der Waals surface area contributed by atoms with Gasteiger partial charge in [-0.15, -0.1) is 0 Å². The van der Waals surface area contributed by atoms with E-state index in [1.165, 1.54) is 54.6 Å². The summed E-state index contributed by atoms with van der Waals surface area (Å²) in [6.07, 6.45) is -5.36. The molecule has 3 N–H and O–H groups in total. The number of halogens is 3. The van der Waals surface area contributed by atoms with Crippen LogP contribution in [0.15, 0.2) is 95.9 Å². The Morgan fingerprint density at radius 3 is 2.06 bits per heavy atom. The number of rotatable bonds is 11. The van der Waals surface area contributed by atoms with Crippen molar-refractivity contribution < 1.29 is 54.9 Å². The maximum absolute atomic E-state index is 12.9. The molecule has 0 aliphatic rings. The van der Waals surface area contributed by atoms with Crippen molar-refractivity contribution in [1.82, 2.24) is 0 Å². The maximum atomic E-state index is 12.9. The number of hydrogen-bond acceptors (Lipinski definition) is 9. The van der Waals surface area contributed by atoms with E-state index in [0.29, 0.717) is 17.2 Å². The molecule has 0 spiro atoms. The second-order valence-corrected chi connectivity index (χ2v) is 11.2. The minimum absolute atomic E-state index is 0.0324. The van der Waals surface area contributed by atoms with E-state index >= 15 is 0 Å². The molecule has 17 heteroatoms. The second-order valence-electron chi connectivity index (χ2n) is 9.64. The quantitative estimate of drug-likeness (QED) is 0.0576. The van der Waals surface area contributed by atoms with E-state index in [1.54, 1.807) is 6.07 Å². The number of nitrogens with one attached hydrogen (secondary N) is 2. The average Bonchev–Trinajstić information content (AvgIpc) is 2.96. The smallest absolute Gasteiger partial charge is 0.416 e. The van der Waals surface area contributed by atoms with Crippen LogP contribution in [0.5, 0.6) is 11.5 Å². The molecular weight excluding hydrogens is 651 g/mol. The number of ether oxygens (including phenoxy) is 1. The van der Waals surface area contributed by atoms with Crippen molar-refractivity contribution in [1.29, 1.82) is 0 Å². The zero-order valence-electron chi connectivity index (χ0n) is 23.7. The van der Waals surface area contributed by atoms with Gasteiger partial charge in [-0.05, 0) is 71.8 Å². The number of nitrogens with zero attached hydrogens (tertiary/aromatic N) is 1. The number of aliphatic carboxylic acids is 1. The van der Waals surface area contributed by atoms with Crippen LogP contribution in [-0.2, 0) is 38.7 Å². The first-order valence-corrected chi connectivity index (χ1v) is 14.6. The number of esters is 1. The lowest BCUT2D eigenvalue weighted by Crippen LogP contribution is -2.20. The van der Waals surface area contributed by atoms with Crippen LogP contribution in [0.25, 0.3) is 0 Å². The molecule has 4 aromatic carbocycles. The molecule has 0 aliphatic carbocycles. The number of nitro benzene ring substituents is 1. The number of urea groups is 1. The van der Waals surface area contributed by atoms with Gasteiger partial charge in [-0.3, -0.25) is 19.7 Å². The monoisotopic (exact) mass is 673 g/mol. The Morgan fingerprint density at radius 1 is 0.830 bits per heavy atom. The van der Waals surface area contributed by atoms with E-state index in [-0.39, 0.29) is 41.0 Å². The number of anilines is 2. The zero-order chi connectivity index (χ0) is 34.4. The number of carbonyl (C=O) groups is 3. The van der Waals surface area contributed by atoms with Crippen LogP contribution in [-0.4, -0.2) is 36.4 Å². The number of benzene rings is 4. The molecule has 2 amide bonds. The molecule has 47 heavy (non-hydrogen) atoms. The summed E-state index contributed by atoms with van der Waals surface area (Å²) in [6.45, 7) is 0. The third kappa shape index (κ3) is 9.51. The molecule has 0 atom stereocenters. The lowest BCUT2D eigenvalue weighted by molar-refractivity contribution is -0.384. The van der Waals surface area contributed by atoms with Crippen LogP contribution in [0, 0.1) is 10.1 Å². The van der Waals surface area contributed by atoms with Gasteiger partial charge in [0.05, 0.1) is 23.3 Å². The maximum Gasteiger partial charge on any atom is 0.416 e. The molecule has 0 unspecified atom stereocenters. The van der Waals surface area contributed by atoms with Crippen LogP contribution in [0.4, 0.5) is 35.0 Å². The van der Waals surface area contributed by atoms with Crippen molar-refractivity contribution in [3.05, 3.63) is 118 Å². The summed E-state index contributed by atoms with van der Waals surface area (Å²) in [4.78, 5) is 45.5. The predicted octanol–water partition coefficient (Wildman–Crippen LogP) is 5.80. The van der Waals surface area contributed by atoms with E-state index in [1.807, 2.05) is 0 Å². The highest BCUT2D eigenvalue weighted by Gasteiger charge is 2.33. The number of carboxylic acids is 1. The van der Waals surface area contributed by atoms with Gasteiger partial charge >= 0.3 is 34.3 Å². The van der Waals surface area contributed by atoms with E-state index in [4.69, 9.17) is 14.0 Å². The second kappa shape index (κ2) is 14.0. The number of carbonyl (C=O) groups excluding carboxylic acids is 2. The van der Waals surface area contributed by atoms with Gasteiger partial charge in [0.1, 0.15) is 22.1 Å². The molecule has 0 radical (unpaired) electrons. The van der Waals surface area contributed by atoms with Crippen LogP contribution in [0.1, 0.15) is 16.7 Å². The molecule has 4 rings (SSSR count).